The largest absolute Gasteiger partial charge is 0.508 e. The van der Waals surface area contributed by atoms with Crippen LogP contribution in [-0.2, 0) is 6.18 Å². The lowest BCUT2D eigenvalue weighted by molar-refractivity contribution is -0.137. The number of para-hydroxylation sites is 1. The Morgan fingerprint density at radius 1 is 0.676 bits per heavy atom. The standard InChI is InChI=1S/C27H18F3N3O/c28-27(29,30)18-6-5-7-19(16-18)31-24-11-4-3-10-23(24)26-22-9-2-1-8-21(22)25(32-33-26)17-12-14-20(34)15-13-17/h1-16,31,34H. The summed E-state index contributed by atoms with van der Waals surface area (Å²) in [6.07, 6.45) is -4.43. The Morgan fingerprint density at radius 2 is 1.32 bits per heavy atom. The lowest BCUT2D eigenvalue weighted by Gasteiger charge is -2.15. The Labute approximate surface area is 193 Å². The van der Waals surface area contributed by atoms with Gasteiger partial charge in [0.2, 0.25) is 0 Å². The lowest BCUT2D eigenvalue weighted by Crippen LogP contribution is -2.05. The third-order valence-electron chi connectivity index (χ3n) is 5.48. The number of benzene rings is 4. The van der Waals surface area contributed by atoms with Gasteiger partial charge in [-0.25, -0.2) is 0 Å². The number of aromatic hydroxyl groups is 1. The minimum Gasteiger partial charge on any atom is -0.508 e. The molecule has 5 rings (SSSR count). The third-order valence-corrected chi connectivity index (χ3v) is 5.48. The van der Waals surface area contributed by atoms with Crippen LogP contribution in [0.15, 0.2) is 97.1 Å². The lowest BCUT2D eigenvalue weighted by atomic mass is 9.99. The maximum absolute atomic E-state index is 13.2. The van der Waals surface area contributed by atoms with Crippen LogP contribution in [0.2, 0.25) is 0 Å². The van der Waals surface area contributed by atoms with E-state index in [1.807, 2.05) is 36.4 Å². The van der Waals surface area contributed by atoms with E-state index in [1.165, 1.54) is 6.07 Å². The highest BCUT2D eigenvalue weighted by Gasteiger charge is 2.30. The number of alkyl halides is 3. The summed E-state index contributed by atoms with van der Waals surface area (Å²) in [6.45, 7) is 0. The number of hydrogen-bond donors (Lipinski definition) is 2. The van der Waals surface area contributed by atoms with E-state index in [4.69, 9.17) is 0 Å². The van der Waals surface area contributed by atoms with E-state index in [2.05, 4.69) is 15.5 Å². The smallest absolute Gasteiger partial charge is 0.416 e. The number of phenols is 1. The third kappa shape index (κ3) is 4.15. The Morgan fingerprint density at radius 3 is 2.06 bits per heavy atom. The van der Waals surface area contributed by atoms with Crippen molar-refractivity contribution in [2.45, 2.75) is 6.18 Å². The van der Waals surface area contributed by atoms with Gasteiger partial charge < -0.3 is 10.4 Å². The molecule has 4 aromatic carbocycles. The number of phenolic OH excluding ortho intramolecular Hbond substituents is 1. The van der Waals surface area contributed by atoms with E-state index < -0.39 is 11.7 Å². The van der Waals surface area contributed by atoms with Gasteiger partial charge in [0.05, 0.1) is 5.56 Å². The summed E-state index contributed by atoms with van der Waals surface area (Å²) in [4.78, 5) is 0. The van der Waals surface area contributed by atoms with Gasteiger partial charge in [0.1, 0.15) is 17.1 Å². The van der Waals surface area contributed by atoms with Crippen LogP contribution in [0, 0.1) is 0 Å². The minimum absolute atomic E-state index is 0.159. The van der Waals surface area contributed by atoms with Crippen LogP contribution < -0.4 is 5.32 Å². The quantitative estimate of drug-likeness (QED) is 0.295. The second-order valence-electron chi connectivity index (χ2n) is 7.74. The molecular formula is C27H18F3N3O. The summed E-state index contributed by atoms with van der Waals surface area (Å²) in [6, 6.07) is 26.8. The van der Waals surface area contributed by atoms with Gasteiger partial charge in [0, 0.05) is 33.3 Å². The summed E-state index contributed by atoms with van der Waals surface area (Å²) >= 11 is 0. The molecular weight excluding hydrogens is 439 g/mol. The zero-order valence-electron chi connectivity index (χ0n) is 17.7. The van der Waals surface area contributed by atoms with Gasteiger partial charge in [-0.05, 0) is 48.5 Å². The summed E-state index contributed by atoms with van der Waals surface area (Å²) in [5.41, 5.74) is 3.00. The van der Waals surface area contributed by atoms with Crippen LogP contribution in [0.4, 0.5) is 24.5 Å². The van der Waals surface area contributed by atoms with Crippen molar-refractivity contribution >= 4 is 22.1 Å². The van der Waals surface area contributed by atoms with E-state index in [-0.39, 0.29) is 5.75 Å². The Balaban J connectivity index is 1.61. The Bertz CT molecular complexity index is 1480. The van der Waals surface area contributed by atoms with Crippen molar-refractivity contribution in [3.63, 3.8) is 0 Å². The molecule has 0 bridgehead atoms. The summed E-state index contributed by atoms with van der Waals surface area (Å²) < 4.78 is 39.5. The normalized spacial score (nSPS) is 11.5. The average molecular weight is 457 g/mol. The predicted octanol–water partition coefficient (Wildman–Crippen LogP) is 7.43. The molecule has 0 amide bonds. The van der Waals surface area contributed by atoms with Crippen LogP contribution in [0.3, 0.4) is 0 Å². The second-order valence-corrected chi connectivity index (χ2v) is 7.74. The molecule has 34 heavy (non-hydrogen) atoms. The zero-order valence-corrected chi connectivity index (χ0v) is 17.7. The number of halogens is 3. The van der Waals surface area contributed by atoms with Crippen molar-refractivity contribution in [1.82, 2.24) is 10.2 Å². The Kier molecular flexibility index (Phi) is 5.37. The monoisotopic (exact) mass is 457 g/mol. The van der Waals surface area contributed by atoms with Gasteiger partial charge in [-0.2, -0.15) is 13.2 Å². The van der Waals surface area contributed by atoms with Crippen molar-refractivity contribution in [1.29, 1.82) is 0 Å². The van der Waals surface area contributed by atoms with Crippen LogP contribution in [0.25, 0.3) is 33.3 Å². The molecule has 0 aliphatic rings. The molecule has 0 radical (unpaired) electrons. The molecule has 0 spiro atoms. The predicted molar refractivity (Wildman–Crippen MR) is 127 cm³/mol. The molecule has 7 heteroatoms. The zero-order chi connectivity index (χ0) is 23.7. The number of rotatable bonds is 4. The first-order chi connectivity index (χ1) is 16.4. The number of nitrogens with zero attached hydrogens (tertiary/aromatic N) is 2. The molecule has 0 fully saturated rings. The highest BCUT2D eigenvalue weighted by atomic mass is 19.4. The molecule has 1 aromatic heterocycles. The van der Waals surface area contributed by atoms with Crippen LogP contribution in [-0.4, -0.2) is 15.3 Å². The molecule has 5 aromatic rings. The first-order valence-corrected chi connectivity index (χ1v) is 10.5. The molecule has 0 atom stereocenters. The maximum Gasteiger partial charge on any atom is 0.416 e. The number of anilines is 2. The van der Waals surface area contributed by atoms with Crippen LogP contribution >= 0.6 is 0 Å². The molecule has 2 N–H and O–H groups in total. The molecule has 0 aliphatic carbocycles. The fourth-order valence-corrected chi connectivity index (χ4v) is 3.86. The number of nitrogens with one attached hydrogen (secondary N) is 1. The summed E-state index contributed by atoms with van der Waals surface area (Å²) in [5.74, 6) is 0.159. The molecule has 0 saturated carbocycles. The number of fused-ring (bicyclic) bond motifs is 1. The van der Waals surface area contributed by atoms with Gasteiger partial charge in [0.15, 0.2) is 0 Å². The Hall–Kier alpha value is -4.39. The van der Waals surface area contributed by atoms with Crippen molar-refractivity contribution in [2.75, 3.05) is 5.32 Å². The van der Waals surface area contributed by atoms with Crippen molar-refractivity contribution in [3.8, 4) is 28.3 Å². The first-order valence-electron chi connectivity index (χ1n) is 10.5. The van der Waals surface area contributed by atoms with Gasteiger partial charge >= 0.3 is 6.18 Å². The van der Waals surface area contributed by atoms with E-state index >= 15 is 0 Å². The number of hydrogen-bond acceptors (Lipinski definition) is 4. The average Bonchev–Trinajstić information content (AvgIpc) is 2.84. The number of aromatic nitrogens is 2. The van der Waals surface area contributed by atoms with Crippen LogP contribution in [0.1, 0.15) is 5.56 Å². The molecule has 0 saturated heterocycles. The van der Waals surface area contributed by atoms with Crippen molar-refractivity contribution < 1.29 is 18.3 Å². The van der Waals surface area contributed by atoms with Crippen molar-refractivity contribution in [2.24, 2.45) is 0 Å². The topological polar surface area (TPSA) is 58.0 Å². The summed E-state index contributed by atoms with van der Waals surface area (Å²) in [5, 5.41) is 23.4. The van der Waals surface area contributed by atoms with Gasteiger partial charge in [0.25, 0.3) is 0 Å². The highest BCUT2D eigenvalue weighted by Crippen LogP contribution is 2.37. The van der Waals surface area contributed by atoms with E-state index in [1.54, 1.807) is 42.5 Å². The van der Waals surface area contributed by atoms with Gasteiger partial charge in [-0.3, -0.25) is 0 Å². The molecule has 0 aliphatic heterocycles. The minimum atomic E-state index is -4.43. The summed E-state index contributed by atoms with van der Waals surface area (Å²) in [7, 11) is 0. The highest BCUT2D eigenvalue weighted by molar-refractivity contribution is 6.03. The molecule has 168 valence electrons. The van der Waals surface area contributed by atoms with Gasteiger partial charge in [-0.1, -0.05) is 48.5 Å². The second kappa shape index (κ2) is 8.51. The van der Waals surface area contributed by atoms with E-state index in [0.29, 0.717) is 28.3 Å². The van der Waals surface area contributed by atoms with E-state index in [0.717, 1.165) is 28.5 Å². The molecule has 4 nitrogen and oxygen atoms in total. The van der Waals surface area contributed by atoms with Crippen molar-refractivity contribution in [3.05, 3.63) is 103 Å². The molecule has 0 unspecified atom stereocenters. The van der Waals surface area contributed by atoms with Crippen LogP contribution in [0.5, 0.6) is 5.75 Å². The first kappa shape index (κ1) is 21.5. The fourth-order valence-electron chi connectivity index (χ4n) is 3.86. The molecule has 1 heterocycles. The SMILES string of the molecule is Oc1ccc(-c2nnc(-c3ccccc3Nc3cccc(C(F)(F)F)c3)c3ccccc23)cc1. The fraction of sp³-hybridized carbons (Fsp3) is 0.0370. The van der Waals surface area contributed by atoms with E-state index in [9.17, 15) is 18.3 Å². The van der Waals surface area contributed by atoms with Gasteiger partial charge in [-0.15, -0.1) is 10.2 Å². The maximum atomic E-state index is 13.2.